The second-order valence-electron chi connectivity index (χ2n) is 0.289. The van der Waals surface area contributed by atoms with Crippen molar-refractivity contribution in [2.45, 2.75) is 0 Å². The van der Waals surface area contributed by atoms with Crippen molar-refractivity contribution >= 4 is 27.1 Å². The predicted octanol–water partition coefficient (Wildman–Crippen LogP) is -6.16. The van der Waals surface area contributed by atoms with Gasteiger partial charge in [0.1, 0.15) is 0 Å². The normalized spacial score (nSPS) is 5.40. The van der Waals surface area contributed by atoms with E-state index in [1.54, 1.807) is 0 Å². The first-order valence-electron chi connectivity index (χ1n) is 1.41. The summed E-state index contributed by atoms with van der Waals surface area (Å²) in [6, 6.07) is 0. The summed E-state index contributed by atoms with van der Waals surface area (Å²) >= 11 is 0. The minimum atomic E-state index is -1.75. The molecule has 0 aliphatic carbocycles. The van der Waals surface area contributed by atoms with Crippen LogP contribution in [-0.2, 0) is 17.1 Å². The van der Waals surface area contributed by atoms with Gasteiger partial charge in [0.15, 0.2) is 0 Å². The van der Waals surface area contributed by atoms with Crippen LogP contribution < -0.4 is 29.4 Å². The van der Waals surface area contributed by atoms with Gasteiger partial charge in [0.05, 0.1) is 0 Å². The van der Waals surface area contributed by atoms with E-state index in [0.717, 1.165) is 0 Å². The summed E-state index contributed by atoms with van der Waals surface area (Å²) in [7, 11) is -5.25. The van der Waals surface area contributed by atoms with Crippen LogP contribution in [0.2, 0.25) is 0 Å². The zero-order valence-electron chi connectivity index (χ0n) is 4.54. The van der Waals surface area contributed by atoms with Crippen LogP contribution in [0.3, 0.4) is 0 Å². The number of rotatable bonds is 0. The first kappa shape index (κ1) is 22.6. The molecule has 0 rings (SSSR count). The summed E-state index contributed by atoms with van der Waals surface area (Å²) in [5, 5.41) is 0. The molecule has 0 aliphatic heterocycles. The van der Waals surface area contributed by atoms with E-state index in [4.69, 9.17) is 29.4 Å². The Morgan fingerprint density at radius 1 is 0.500 bits per heavy atom. The molecule has 10 heteroatoms. The fraction of sp³-hybridized carbons (Fsp3) is 0. The molecule has 6 nitrogen and oxygen atoms in total. The molecule has 0 aromatic heterocycles. The molecule has 0 unspecified atom stereocenters. The standard InChI is InChI=1S/Fe.3H2O2P/c;3*1-3-2/h;3*3H2/q+3;3*-1. The zero-order valence-corrected chi connectivity index (χ0v) is 9.10. The van der Waals surface area contributed by atoms with Crippen molar-refractivity contribution in [1.82, 2.24) is 0 Å². The van der Waals surface area contributed by atoms with Gasteiger partial charge in [0.25, 0.3) is 0 Å². The van der Waals surface area contributed by atoms with E-state index in [1.165, 1.54) is 0 Å². The Labute approximate surface area is 74.0 Å². The van der Waals surface area contributed by atoms with E-state index in [1.807, 2.05) is 0 Å². The molecule has 0 aliphatic rings. The van der Waals surface area contributed by atoms with Crippen molar-refractivity contribution in [3.63, 3.8) is 0 Å². The van der Waals surface area contributed by atoms with Crippen LogP contribution >= 0.6 is 27.1 Å². The molecule has 0 aromatic carbocycles. The molecule has 0 saturated heterocycles. The van der Waals surface area contributed by atoms with Crippen molar-refractivity contribution in [3.8, 4) is 0 Å². The van der Waals surface area contributed by atoms with Gasteiger partial charge >= 0.3 is 17.1 Å². The van der Waals surface area contributed by atoms with E-state index in [2.05, 4.69) is 0 Å². The third kappa shape index (κ3) is 285. The van der Waals surface area contributed by atoms with E-state index in [-0.39, 0.29) is 17.1 Å². The van der Waals surface area contributed by atoms with E-state index < -0.39 is 27.1 Å². The Kier molecular flexibility index (Phi) is 105. The smallest absolute Gasteiger partial charge is 0.687 e. The SMILES string of the molecule is [Fe+3].[O-][PH2+][O-].[O-][PH2+][O-].[O-][PH2+][O-]. The summed E-state index contributed by atoms with van der Waals surface area (Å²) in [6.45, 7) is 0. The van der Waals surface area contributed by atoms with Gasteiger partial charge in [-0.2, -0.15) is 0 Å². The Balaban J connectivity index is -0.0000000257. The van der Waals surface area contributed by atoms with E-state index >= 15 is 0 Å². The second kappa shape index (κ2) is 46.4. The Morgan fingerprint density at radius 2 is 0.500 bits per heavy atom. The summed E-state index contributed by atoms with van der Waals surface area (Å²) in [6.07, 6.45) is 0. The molecule has 0 N–H and O–H groups in total. The maximum absolute atomic E-state index is 8.46. The van der Waals surface area contributed by atoms with Gasteiger partial charge in [-0.15, -0.1) is 27.1 Å². The van der Waals surface area contributed by atoms with Crippen LogP contribution in [-0.4, -0.2) is 0 Å². The van der Waals surface area contributed by atoms with Gasteiger partial charge in [-0.25, -0.2) is 0 Å². The minimum Gasteiger partial charge on any atom is -0.687 e. The average molecular weight is 251 g/mol. The van der Waals surface area contributed by atoms with Gasteiger partial charge in [-0.1, -0.05) is 0 Å². The van der Waals surface area contributed by atoms with Gasteiger partial charge in [0, 0.05) is 0 Å². The van der Waals surface area contributed by atoms with Crippen LogP contribution in [0.1, 0.15) is 0 Å². The van der Waals surface area contributed by atoms with Crippen LogP contribution in [0.15, 0.2) is 0 Å². The molecule has 0 fully saturated rings. The monoisotopic (exact) mass is 251 g/mol. The average Bonchev–Trinajstić information content (AvgIpc) is 1.70. The Morgan fingerprint density at radius 3 is 0.500 bits per heavy atom. The fourth-order valence-electron chi connectivity index (χ4n) is 0. The molecule has 10 heavy (non-hydrogen) atoms. The van der Waals surface area contributed by atoms with Crippen LogP contribution in [0.25, 0.3) is 0 Å². The summed E-state index contributed by atoms with van der Waals surface area (Å²) in [5.74, 6) is 0. The fourth-order valence-corrected chi connectivity index (χ4v) is 0. The zero-order chi connectivity index (χ0) is 8.12. The van der Waals surface area contributed by atoms with E-state index in [0.29, 0.717) is 0 Å². The maximum atomic E-state index is 8.46. The first-order valence-corrected chi connectivity index (χ1v) is 4.24. The van der Waals surface area contributed by atoms with Gasteiger partial charge in [-0.3, -0.25) is 0 Å². The maximum Gasteiger partial charge on any atom is 3.00 e. The molecular formula is H6FeO6P3. The van der Waals surface area contributed by atoms with Crippen molar-refractivity contribution in [1.29, 1.82) is 0 Å². The number of hydrogen-bond acceptors (Lipinski definition) is 6. The summed E-state index contributed by atoms with van der Waals surface area (Å²) in [5.41, 5.74) is 0. The van der Waals surface area contributed by atoms with Crippen LogP contribution in [0.4, 0.5) is 0 Å². The van der Waals surface area contributed by atoms with Gasteiger partial charge in [0.2, 0.25) is 0 Å². The van der Waals surface area contributed by atoms with Crippen LogP contribution in [0.5, 0.6) is 0 Å². The summed E-state index contributed by atoms with van der Waals surface area (Å²) in [4.78, 5) is 50.8. The number of hydrogen-bond donors (Lipinski definition) is 0. The molecule has 1 radical (unpaired) electrons. The quantitative estimate of drug-likeness (QED) is 0.310. The topological polar surface area (TPSA) is 138 Å². The minimum absolute atomic E-state index is 0. The molecule has 0 spiro atoms. The predicted molar refractivity (Wildman–Crippen MR) is 29.1 cm³/mol. The first-order chi connectivity index (χ1) is 4.24. The Bertz CT molecular complexity index is 17.7. The van der Waals surface area contributed by atoms with Gasteiger partial charge < -0.3 is 29.4 Å². The molecule has 0 amide bonds. The van der Waals surface area contributed by atoms with E-state index in [9.17, 15) is 0 Å². The van der Waals surface area contributed by atoms with Crippen molar-refractivity contribution in [2.75, 3.05) is 0 Å². The third-order valence-electron chi connectivity index (χ3n) is 0. The molecule has 0 bridgehead atoms. The molecule has 65 valence electrons. The third-order valence-corrected chi connectivity index (χ3v) is 0. The molecular weight excluding hydrogens is 245 g/mol. The van der Waals surface area contributed by atoms with Gasteiger partial charge in [-0.05, 0) is 0 Å². The van der Waals surface area contributed by atoms with Crippen molar-refractivity contribution in [2.24, 2.45) is 0 Å². The largest absolute Gasteiger partial charge is 3.00 e. The molecule has 0 atom stereocenters. The molecule has 0 saturated carbocycles. The Hall–Kier alpha value is 1.57. The molecule has 0 aromatic rings. The second-order valence-corrected chi connectivity index (χ2v) is 0.866. The molecule has 0 heterocycles. The van der Waals surface area contributed by atoms with Crippen molar-refractivity contribution in [3.05, 3.63) is 0 Å². The van der Waals surface area contributed by atoms with Crippen LogP contribution in [0, 0.1) is 0 Å². The summed E-state index contributed by atoms with van der Waals surface area (Å²) < 4.78 is 0. The van der Waals surface area contributed by atoms with Crippen molar-refractivity contribution < 1.29 is 46.4 Å².